The number of nitrogens with one attached hydrogen (secondary N) is 1. The second-order valence-corrected chi connectivity index (χ2v) is 21.4. The van der Waals surface area contributed by atoms with Gasteiger partial charge in [-0.25, -0.2) is 0 Å². The molecule has 2 unspecified atom stereocenters. The van der Waals surface area contributed by atoms with E-state index in [9.17, 15) is 19.8 Å². The number of carbonyl (C=O) groups is 2. The lowest BCUT2D eigenvalue weighted by Crippen LogP contribution is -2.45. The summed E-state index contributed by atoms with van der Waals surface area (Å²) in [6.45, 7) is 4.87. The zero-order valence-electron chi connectivity index (χ0n) is 47.0. The second kappa shape index (κ2) is 59.6. The van der Waals surface area contributed by atoms with Crippen LogP contribution in [0.5, 0.6) is 0 Å². The van der Waals surface area contributed by atoms with E-state index in [4.69, 9.17) is 4.74 Å². The van der Waals surface area contributed by atoms with E-state index < -0.39 is 12.1 Å². The molecular formula is C64H121NO5. The number of hydrogen-bond acceptors (Lipinski definition) is 5. The molecule has 6 heteroatoms. The highest BCUT2D eigenvalue weighted by molar-refractivity contribution is 5.76. The van der Waals surface area contributed by atoms with Crippen LogP contribution in [0.25, 0.3) is 0 Å². The predicted octanol–water partition coefficient (Wildman–Crippen LogP) is 19.6. The van der Waals surface area contributed by atoms with E-state index in [1.54, 1.807) is 6.08 Å². The van der Waals surface area contributed by atoms with Gasteiger partial charge in [0.15, 0.2) is 0 Å². The normalized spacial score (nSPS) is 12.8. The molecule has 0 aliphatic heterocycles. The topological polar surface area (TPSA) is 95.9 Å². The van der Waals surface area contributed by atoms with Crippen molar-refractivity contribution in [3.8, 4) is 0 Å². The Morgan fingerprint density at radius 2 is 0.714 bits per heavy atom. The maximum Gasteiger partial charge on any atom is 0.305 e. The smallest absolute Gasteiger partial charge is 0.305 e. The average molecular weight is 985 g/mol. The van der Waals surface area contributed by atoms with Crippen LogP contribution >= 0.6 is 0 Å². The molecule has 0 aliphatic rings. The van der Waals surface area contributed by atoms with Crippen molar-refractivity contribution in [1.82, 2.24) is 5.32 Å². The van der Waals surface area contributed by atoms with Gasteiger partial charge < -0.3 is 20.3 Å². The van der Waals surface area contributed by atoms with Crippen molar-refractivity contribution in [3.05, 3.63) is 36.5 Å². The maximum atomic E-state index is 12.5. The van der Waals surface area contributed by atoms with Gasteiger partial charge >= 0.3 is 5.97 Å². The molecule has 2 atom stereocenters. The first kappa shape index (κ1) is 68.1. The lowest BCUT2D eigenvalue weighted by Gasteiger charge is -2.20. The van der Waals surface area contributed by atoms with Crippen LogP contribution in [0.4, 0.5) is 0 Å². The largest absolute Gasteiger partial charge is 0.466 e. The monoisotopic (exact) mass is 984 g/mol. The Labute approximate surface area is 436 Å². The third kappa shape index (κ3) is 55.4. The zero-order chi connectivity index (χ0) is 50.7. The molecule has 0 heterocycles. The van der Waals surface area contributed by atoms with Gasteiger partial charge in [-0.05, 0) is 64.2 Å². The van der Waals surface area contributed by atoms with E-state index in [1.165, 1.54) is 244 Å². The lowest BCUT2D eigenvalue weighted by molar-refractivity contribution is -0.143. The Morgan fingerprint density at radius 3 is 1.11 bits per heavy atom. The molecular weight excluding hydrogens is 863 g/mol. The van der Waals surface area contributed by atoms with Gasteiger partial charge in [-0.1, -0.05) is 294 Å². The number of aliphatic hydroxyl groups is 2. The number of rotatable bonds is 58. The van der Waals surface area contributed by atoms with Crippen LogP contribution in [0, 0.1) is 0 Å². The Balaban J connectivity index is 3.48. The molecule has 0 aromatic carbocycles. The summed E-state index contributed by atoms with van der Waals surface area (Å²) in [6, 6.07) is -0.638. The Morgan fingerprint density at radius 1 is 0.400 bits per heavy atom. The summed E-state index contributed by atoms with van der Waals surface area (Å²) in [5.74, 6) is -0.0932. The number of carbonyl (C=O) groups excluding carboxylic acids is 2. The Hall–Kier alpha value is -1.92. The molecule has 0 saturated heterocycles. The van der Waals surface area contributed by atoms with E-state index in [2.05, 4.69) is 43.5 Å². The number of allylic oxidation sites excluding steroid dienone is 5. The number of unbranched alkanes of at least 4 members (excludes halogenated alkanes) is 43. The Bertz CT molecular complexity index is 1130. The highest BCUT2D eigenvalue weighted by atomic mass is 16.5. The van der Waals surface area contributed by atoms with E-state index >= 15 is 0 Å². The van der Waals surface area contributed by atoms with Crippen molar-refractivity contribution in [2.24, 2.45) is 0 Å². The van der Waals surface area contributed by atoms with Gasteiger partial charge in [0.2, 0.25) is 5.91 Å². The first-order chi connectivity index (χ1) is 34.5. The lowest BCUT2D eigenvalue weighted by atomic mass is 10.0. The van der Waals surface area contributed by atoms with Gasteiger partial charge in [0.05, 0.1) is 25.4 Å². The molecule has 0 spiro atoms. The summed E-state index contributed by atoms with van der Waals surface area (Å²) in [5, 5.41) is 23.2. The molecule has 3 N–H and O–H groups in total. The van der Waals surface area contributed by atoms with Crippen LogP contribution in [-0.2, 0) is 14.3 Å². The molecule has 0 aliphatic carbocycles. The summed E-state index contributed by atoms with van der Waals surface area (Å²) < 4.78 is 5.47. The van der Waals surface area contributed by atoms with Crippen molar-refractivity contribution in [2.75, 3.05) is 13.2 Å². The third-order valence-electron chi connectivity index (χ3n) is 14.4. The molecule has 0 bridgehead atoms. The van der Waals surface area contributed by atoms with Crippen molar-refractivity contribution < 1.29 is 24.5 Å². The summed E-state index contributed by atoms with van der Waals surface area (Å²) in [4.78, 5) is 24.6. The number of hydrogen-bond donors (Lipinski definition) is 3. The summed E-state index contributed by atoms with van der Waals surface area (Å²) >= 11 is 0. The number of amides is 1. The van der Waals surface area contributed by atoms with Gasteiger partial charge in [-0.2, -0.15) is 0 Å². The van der Waals surface area contributed by atoms with Crippen LogP contribution < -0.4 is 5.32 Å². The van der Waals surface area contributed by atoms with Gasteiger partial charge in [-0.15, -0.1) is 0 Å². The summed E-state index contributed by atoms with van der Waals surface area (Å²) in [6.07, 6.45) is 74.6. The molecule has 0 rings (SSSR count). The molecule has 0 aromatic heterocycles. The quantitative estimate of drug-likeness (QED) is 0.0321. The molecule has 0 aromatic rings. The van der Waals surface area contributed by atoms with Crippen LogP contribution in [0.2, 0.25) is 0 Å². The minimum absolute atomic E-state index is 0.0169. The van der Waals surface area contributed by atoms with Crippen LogP contribution in [-0.4, -0.2) is 47.4 Å². The highest BCUT2D eigenvalue weighted by Gasteiger charge is 2.18. The van der Waals surface area contributed by atoms with Crippen LogP contribution in [0.3, 0.4) is 0 Å². The van der Waals surface area contributed by atoms with Gasteiger partial charge in [0.1, 0.15) is 0 Å². The highest BCUT2D eigenvalue weighted by Crippen LogP contribution is 2.17. The molecule has 0 radical (unpaired) electrons. The number of esters is 1. The molecule has 0 saturated carbocycles. The molecule has 0 fully saturated rings. The second-order valence-electron chi connectivity index (χ2n) is 21.4. The van der Waals surface area contributed by atoms with Crippen LogP contribution in [0.15, 0.2) is 36.5 Å². The fourth-order valence-electron chi connectivity index (χ4n) is 9.61. The third-order valence-corrected chi connectivity index (χ3v) is 14.4. The standard InChI is InChI=1S/C64H121NO5/c1-3-5-7-9-11-13-15-17-19-20-21-22-23-24-25-26-27-29-32-36-40-44-48-52-56-62(67)61(60-66)65-63(68)57-53-49-45-41-37-33-30-31-35-39-43-47-51-55-59-70-64(69)58-54-50-46-42-38-34-28-18-16-14-12-10-8-6-4-2/h12,14,18,28,52,56,61-62,66-67H,3-11,13,15-17,19-27,29-51,53-55,57-60H2,1-2H3,(H,65,68)/b14-12-,28-18-,56-52+. The van der Waals surface area contributed by atoms with Crippen molar-refractivity contribution in [3.63, 3.8) is 0 Å². The first-order valence-electron chi connectivity index (χ1n) is 31.3. The maximum absolute atomic E-state index is 12.5. The number of ether oxygens (including phenoxy) is 1. The van der Waals surface area contributed by atoms with E-state index in [0.717, 1.165) is 64.2 Å². The molecule has 412 valence electrons. The van der Waals surface area contributed by atoms with Gasteiger partial charge in [-0.3, -0.25) is 9.59 Å². The van der Waals surface area contributed by atoms with Crippen molar-refractivity contribution >= 4 is 11.9 Å². The van der Waals surface area contributed by atoms with Crippen molar-refractivity contribution in [1.29, 1.82) is 0 Å². The summed E-state index contributed by atoms with van der Waals surface area (Å²) in [7, 11) is 0. The SMILES string of the molecule is CCCCC/C=C\C/C=C\CCCCCCCC(=O)OCCCCCCCCCCCCCCCCC(=O)NC(CO)C(O)/C=C/CCCCCCCCCCCCCCCCCCCCCCCC. The van der Waals surface area contributed by atoms with E-state index in [-0.39, 0.29) is 18.5 Å². The number of aliphatic hydroxyl groups excluding tert-OH is 2. The summed E-state index contributed by atoms with van der Waals surface area (Å²) in [5.41, 5.74) is 0. The molecule has 6 nitrogen and oxygen atoms in total. The van der Waals surface area contributed by atoms with E-state index in [1.807, 2.05) is 6.08 Å². The van der Waals surface area contributed by atoms with Gasteiger partial charge in [0.25, 0.3) is 0 Å². The minimum Gasteiger partial charge on any atom is -0.466 e. The molecule has 1 amide bonds. The van der Waals surface area contributed by atoms with Crippen molar-refractivity contribution in [2.45, 2.75) is 347 Å². The van der Waals surface area contributed by atoms with Gasteiger partial charge in [0, 0.05) is 12.8 Å². The first-order valence-corrected chi connectivity index (χ1v) is 31.3. The van der Waals surface area contributed by atoms with E-state index in [0.29, 0.717) is 19.4 Å². The Kier molecular flexibility index (Phi) is 58.0. The predicted molar refractivity (Wildman–Crippen MR) is 306 cm³/mol. The van der Waals surface area contributed by atoms with Crippen LogP contribution in [0.1, 0.15) is 335 Å². The minimum atomic E-state index is -0.854. The fourth-order valence-corrected chi connectivity index (χ4v) is 9.61. The fraction of sp³-hybridized carbons (Fsp3) is 0.875. The zero-order valence-corrected chi connectivity index (χ0v) is 47.0. The average Bonchev–Trinajstić information content (AvgIpc) is 3.36. The molecule has 70 heavy (non-hydrogen) atoms.